The zero-order valence-corrected chi connectivity index (χ0v) is 30.7. The maximum Gasteiger partial charge on any atom is 0.253 e. The Kier molecular flexibility index (Phi) is 26.9. The zero-order chi connectivity index (χ0) is 39.9. The molecule has 0 spiro atoms. The van der Waals surface area contributed by atoms with Crippen molar-refractivity contribution >= 4 is 41.4 Å². The smallest absolute Gasteiger partial charge is 0.253 e. The summed E-state index contributed by atoms with van der Waals surface area (Å²) in [6.07, 6.45) is 2.17. The van der Waals surface area contributed by atoms with E-state index in [0.29, 0.717) is 26.4 Å². The number of amides is 7. The highest BCUT2D eigenvalue weighted by Crippen LogP contribution is 2.11. The van der Waals surface area contributed by atoms with Gasteiger partial charge in [0, 0.05) is 63.9 Å². The minimum atomic E-state index is -1.27. The number of aliphatic hydroxyl groups is 1. The molecule has 308 valence electrons. The van der Waals surface area contributed by atoms with E-state index in [1.807, 2.05) is 0 Å². The van der Waals surface area contributed by atoms with Crippen LogP contribution in [0.3, 0.4) is 0 Å². The molecular formula is C33H56N6O15. The third-order valence-electron chi connectivity index (χ3n) is 7.05. The van der Waals surface area contributed by atoms with Crippen LogP contribution < -0.4 is 27.4 Å². The molecule has 7 amide bonds. The highest BCUT2D eigenvalue weighted by molar-refractivity contribution is 6.13. The maximum absolute atomic E-state index is 12.9. The van der Waals surface area contributed by atoms with Crippen LogP contribution in [0.4, 0.5) is 0 Å². The van der Waals surface area contributed by atoms with Crippen molar-refractivity contribution in [3.05, 3.63) is 12.2 Å². The third kappa shape index (κ3) is 25.0. The summed E-state index contributed by atoms with van der Waals surface area (Å²) in [5.41, 5.74) is 9.12. The van der Waals surface area contributed by atoms with Crippen molar-refractivity contribution in [1.29, 1.82) is 0 Å². The van der Waals surface area contributed by atoms with Gasteiger partial charge in [0.1, 0.15) is 5.54 Å². The van der Waals surface area contributed by atoms with Crippen LogP contribution in [-0.2, 0) is 66.7 Å². The van der Waals surface area contributed by atoms with Crippen molar-refractivity contribution in [2.75, 3.05) is 119 Å². The van der Waals surface area contributed by atoms with Crippen molar-refractivity contribution in [2.24, 2.45) is 11.5 Å². The van der Waals surface area contributed by atoms with E-state index in [4.69, 9.17) is 49.7 Å². The van der Waals surface area contributed by atoms with Crippen molar-refractivity contribution in [1.82, 2.24) is 20.9 Å². The van der Waals surface area contributed by atoms with Gasteiger partial charge in [0.15, 0.2) is 0 Å². The molecule has 0 atom stereocenters. The summed E-state index contributed by atoms with van der Waals surface area (Å²) < 4.78 is 38.7. The monoisotopic (exact) mass is 776 g/mol. The van der Waals surface area contributed by atoms with Gasteiger partial charge in [0.25, 0.3) is 11.8 Å². The average molecular weight is 777 g/mol. The molecule has 1 heterocycles. The summed E-state index contributed by atoms with van der Waals surface area (Å²) >= 11 is 0. The van der Waals surface area contributed by atoms with Crippen LogP contribution in [0.5, 0.6) is 0 Å². The fourth-order valence-corrected chi connectivity index (χ4v) is 4.33. The molecule has 0 unspecified atom stereocenters. The van der Waals surface area contributed by atoms with E-state index in [0.717, 1.165) is 4.90 Å². The number of nitrogens with one attached hydrogen (secondary N) is 3. The maximum atomic E-state index is 12.9. The number of carbonyl (C=O) groups is 7. The molecule has 0 fully saturated rings. The van der Waals surface area contributed by atoms with E-state index >= 15 is 0 Å². The highest BCUT2D eigenvalue weighted by Gasteiger charge is 2.34. The van der Waals surface area contributed by atoms with Crippen LogP contribution in [-0.4, -0.2) is 176 Å². The molecule has 8 N–H and O–H groups in total. The molecule has 21 heteroatoms. The number of nitrogens with two attached hydrogens (primary N) is 2. The minimum Gasteiger partial charge on any atom is -0.395 e. The summed E-state index contributed by atoms with van der Waals surface area (Å²) in [4.78, 5) is 83.0. The van der Waals surface area contributed by atoms with Crippen LogP contribution in [0.2, 0.25) is 0 Å². The van der Waals surface area contributed by atoms with E-state index in [1.165, 1.54) is 12.2 Å². The lowest BCUT2D eigenvalue weighted by molar-refractivity contribution is -0.137. The first kappa shape index (κ1) is 47.9. The zero-order valence-electron chi connectivity index (χ0n) is 30.7. The molecule has 0 saturated carbocycles. The Morgan fingerprint density at radius 1 is 0.556 bits per heavy atom. The second-order valence-electron chi connectivity index (χ2n) is 11.7. The van der Waals surface area contributed by atoms with Crippen molar-refractivity contribution < 1.29 is 71.8 Å². The molecule has 0 aliphatic carbocycles. The lowest BCUT2D eigenvalue weighted by Crippen LogP contribution is -2.59. The van der Waals surface area contributed by atoms with E-state index in [2.05, 4.69) is 16.0 Å². The summed E-state index contributed by atoms with van der Waals surface area (Å²) in [7, 11) is 0. The molecule has 0 saturated heterocycles. The van der Waals surface area contributed by atoms with Crippen LogP contribution in [0.1, 0.15) is 32.1 Å². The number of ether oxygens (including phenoxy) is 7. The second-order valence-corrected chi connectivity index (χ2v) is 11.7. The minimum absolute atomic E-state index is 0.00697. The standard InChI is InChI=1S/C33H56N6O15/c34-26(41)4-12-52-23-33(24-53-13-5-27(35)42,25-54-15-6-29(44)36-8-11-40)38-30(45)7-14-48-17-19-50-21-22-51-20-18-49-16-9-37-28(43)3-10-39-31(46)1-2-32(39)47/h1-2,40H,3-25H2,(H2,34,41)(H2,35,42)(H,36,44)(H,37,43)(H,38,45). The fraction of sp³-hybridized carbons (Fsp3) is 0.727. The van der Waals surface area contributed by atoms with E-state index in [1.54, 1.807) is 0 Å². The summed E-state index contributed by atoms with van der Waals surface area (Å²) in [5.74, 6) is -3.08. The molecule has 1 aliphatic rings. The van der Waals surface area contributed by atoms with Gasteiger partial charge >= 0.3 is 0 Å². The van der Waals surface area contributed by atoms with Crippen molar-refractivity contribution in [2.45, 2.75) is 37.6 Å². The van der Waals surface area contributed by atoms with Crippen LogP contribution in [0.15, 0.2) is 12.2 Å². The topological polar surface area (TPSA) is 296 Å². The Bertz CT molecular complexity index is 1150. The van der Waals surface area contributed by atoms with Crippen molar-refractivity contribution in [3.8, 4) is 0 Å². The lowest BCUT2D eigenvalue weighted by Gasteiger charge is -2.34. The van der Waals surface area contributed by atoms with Gasteiger partial charge in [-0.05, 0) is 0 Å². The predicted molar refractivity (Wildman–Crippen MR) is 187 cm³/mol. The average Bonchev–Trinajstić information content (AvgIpc) is 3.45. The first-order valence-corrected chi connectivity index (χ1v) is 17.6. The molecule has 0 aromatic heterocycles. The summed E-state index contributed by atoms with van der Waals surface area (Å²) in [6.45, 7) is 1.69. The van der Waals surface area contributed by atoms with Gasteiger partial charge in [-0.15, -0.1) is 0 Å². The first-order valence-electron chi connectivity index (χ1n) is 17.6. The van der Waals surface area contributed by atoms with E-state index in [9.17, 15) is 33.6 Å². The summed E-state index contributed by atoms with van der Waals surface area (Å²) in [6, 6.07) is 0. The molecule has 0 bridgehead atoms. The fourth-order valence-electron chi connectivity index (χ4n) is 4.33. The molecule has 0 aromatic carbocycles. The molecule has 21 nitrogen and oxygen atoms in total. The third-order valence-corrected chi connectivity index (χ3v) is 7.05. The SMILES string of the molecule is NC(=O)CCOCC(COCCC(N)=O)(COCCC(=O)NCCO)NC(=O)CCOCCOCCOCCOCCNC(=O)CCN1C(=O)C=CC1=O. The number of hydrogen-bond donors (Lipinski definition) is 6. The molecular weight excluding hydrogens is 720 g/mol. The number of aliphatic hydroxyl groups excluding tert-OH is 1. The van der Waals surface area contributed by atoms with Gasteiger partial charge in [-0.25, -0.2) is 0 Å². The Balaban J connectivity index is 2.28. The van der Waals surface area contributed by atoms with Gasteiger partial charge < -0.3 is 65.7 Å². The van der Waals surface area contributed by atoms with Gasteiger partial charge in [0.05, 0.1) is 99.1 Å². The molecule has 0 aromatic rings. The molecule has 0 radical (unpaired) electrons. The Hall–Kier alpha value is -4.09. The predicted octanol–water partition coefficient (Wildman–Crippen LogP) is -3.97. The van der Waals surface area contributed by atoms with Crippen LogP contribution in [0.25, 0.3) is 0 Å². The molecule has 1 aliphatic heterocycles. The Morgan fingerprint density at radius 2 is 0.963 bits per heavy atom. The van der Waals surface area contributed by atoms with Crippen molar-refractivity contribution in [3.63, 3.8) is 0 Å². The van der Waals surface area contributed by atoms with E-state index in [-0.39, 0.29) is 136 Å². The number of carbonyl (C=O) groups excluding carboxylic acids is 7. The number of nitrogens with zero attached hydrogens (tertiary/aromatic N) is 1. The van der Waals surface area contributed by atoms with Gasteiger partial charge in [-0.1, -0.05) is 0 Å². The molecule has 54 heavy (non-hydrogen) atoms. The van der Waals surface area contributed by atoms with Gasteiger partial charge in [0.2, 0.25) is 29.5 Å². The first-order chi connectivity index (χ1) is 26.0. The quantitative estimate of drug-likeness (QED) is 0.0261. The highest BCUT2D eigenvalue weighted by atomic mass is 16.6. The Morgan fingerprint density at radius 3 is 1.46 bits per heavy atom. The largest absolute Gasteiger partial charge is 0.395 e. The number of hydrogen-bond acceptors (Lipinski definition) is 15. The van der Waals surface area contributed by atoms with Gasteiger partial charge in [-0.2, -0.15) is 0 Å². The summed E-state index contributed by atoms with van der Waals surface area (Å²) in [5, 5.41) is 16.9. The number of imide groups is 1. The van der Waals surface area contributed by atoms with E-state index < -0.39 is 35.1 Å². The van der Waals surface area contributed by atoms with Gasteiger partial charge in [-0.3, -0.25) is 38.5 Å². The van der Waals surface area contributed by atoms with Crippen LogP contribution >= 0.6 is 0 Å². The van der Waals surface area contributed by atoms with Crippen LogP contribution in [0, 0.1) is 0 Å². The number of primary amides is 2. The number of rotatable bonds is 36. The molecule has 1 rings (SSSR count). The normalized spacial score (nSPS) is 12.6. The Labute approximate surface area is 314 Å². The lowest BCUT2D eigenvalue weighted by atomic mass is 10.0. The second kappa shape index (κ2) is 30.3.